The number of hydrogen-bond donors (Lipinski definition) is 0. The van der Waals surface area contributed by atoms with Gasteiger partial charge in [-0.25, -0.2) is 27.2 Å². The topological polar surface area (TPSA) is 75.6 Å². The largest absolute Gasteiger partial charge is 0.495 e. The summed E-state index contributed by atoms with van der Waals surface area (Å²) < 4.78 is 59.3. The number of halogens is 2. The van der Waals surface area contributed by atoms with Crippen molar-refractivity contribution in [1.82, 2.24) is 14.3 Å². The maximum Gasteiger partial charge on any atom is 0.246 e. The molecule has 0 N–H and O–H groups in total. The molecule has 2 aromatic carbocycles. The van der Waals surface area contributed by atoms with Crippen molar-refractivity contribution >= 4 is 15.8 Å². The predicted molar refractivity (Wildman–Crippen MR) is 111 cm³/mol. The van der Waals surface area contributed by atoms with Crippen LogP contribution in [0.5, 0.6) is 5.75 Å². The Morgan fingerprint density at radius 1 is 0.903 bits per heavy atom. The van der Waals surface area contributed by atoms with E-state index in [-0.39, 0.29) is 29.6 Å². The van der Waals surface area contributed by atoms with Crippen molar-refractivity contribution in [2.75, 3.05) is 38.2 Å². The molecule has 0 aliphatic carbocycles. The van der Waals surface area contributed by atoms with Gasteiger partial charge in [0, 0.05) is 37.8 Å². The van der Waals surface area contributed by atoms with Gasteiger partial charge in [0.05, 0.1) is 12.8 Å². The molecule has 31 heavy (non-hydrogen) atoms. The first-order valence-electron chi connectivity index (χ1n) is 9.55. The summed E-state index contributed by atoms with van der Waals surface area (Å²) in [5, 5.41) is 0. The number of hydrogen-bond acceptors (Lipinski definition) is 6. The molecule has 162 valence electrons. The third kappa shape index (κ3) is 4.35. The van der Waals surface area contributed by atoms with Crippen molar-refractivity contribution in [3.63, 3.8) is 0 Å². The fourth-order valence-corrected chi connectivity index (χ4v) is 5.04. The molecule has 0 saturated carbocycles. The number of methoxy groups -OCH3 is 1. The van der Waals surface area contributed by atoms with Crippen LogP contribution in [0.15, 0.2) is 59.8 Å². The first kappa shape index (κ1) is 21.1. The Balaban J connectivity index is 1.51. The number of benzene rings is 2. The van der Waals surface area contributed by atoms with E-state index in [0.29, 0.717) is 24.6 Å². The van der Waals surface area contributed by atoms with Crippen molar-refractivity contribution in [3.05, 3.63) is 66.5 Å². The molecule has 0 spiro atoms. The van der Waals surface area contributed by atoms with Gasteiger partial charge >= 0.3 is 0 Å². The van der Waals surface area contributed by atoms with E-state index >= 15 is 0 Å². The highest BCUT2D eigenvalue weighted by molar-refractivity contribution is 7.89. The maximum atomic E-state index is 13.7. The molecule has 2 heterocycles. The van der Waals surface area contributed by atoms with Gasteiger partial charge in [-0.3, -0.25) is 0 Å². The maximum absolute atomic E-state index is 13.7. The number of anilines is 1. The molecule has 0 amide bonds. The van der Waals surface area contributed by atoms with Gasteiger partial charge in [0.15, 0.2) is 0 Å². The van der Waals surface area contributed by atoms with Gasteiger partial charge < -0.3 is 9.64 Å². The molecule has 1 aromatic heterocycles. The standard InChI is InChI=1S/C21H20F2N4O3S/c1-30-19-7-6-17(23)12-20(19)31(28,29)27-10-8-26(9-11-27)21-13-18(24-14-25-21)15-2-4-16(22)5-3-15/h2-7,12-14H,8-11H2,1H3. The van der Waals surface area contributed by atoms with Crippen molar-refractivity contribution in [3.8, 4) is 17.0 Å². The first-order chi connectivity index (χ1) is 14.9. The van der Waals surface area contributed by atoms with E-state index in [4.69, 9.17) is 4.74 Å². The third-order valence-electron chi connectivity index (χ3n) is 5.10. The van der Waals surface area contributed by atoms with E-state index in [1.54, 1.807) is 18.2 Å². The molecule has 0 unspecified atom stereocenters. The van der Waals surface area contributed by atoms with Crippen LogP contribution < -0.4 is 9.64 Å². The predicted octanol–water partition coefficient (Wildman–Crippen LogP) is 2.94. The van der Waals surface area contributed by atoms with Crippen LogP contribution in [0.3, 0.4) is 0 Å². The van der Waals surface area contributed by atoms with Crippen LogP contribution in [0.4, 0.5) is 14.6 Å². The minimum atomic E-state index is -3.91. The molecule has 1 fully saturated rings. The lowest BCUT2D eigenvalue weighted by atomic mass is 10.1. The van der Waals surface area contributed by atoms with Gasteiger partial charge in [0.2, 0.25) is 10.0 Å². The fourth-order valence-electron chi connectivity index (χ4n) is 3.45. The molecule has 0 radical (unpaired) electrons. The highest BCUT2D eigenvalue weighted by atomic mass is 32.2. The minimum Gasteiger partial charge on any atom is -0.495 e. The van der Waals surface area contributed by atoms with E-state index in [0.717, 1.165) is 17.7 Å². The van der Waals surface area contributed by atoms with Crippen LogP contribution in [-0.4, -0.2) is 56.0 Å². The van der Waals surface area contributed by atoms with Crippen LogP contribution in [0.25, 0.3) is 11.3 Å². The van der Waals surface area contributed by atoms with Gasteiger partial charge in [-0.1, -0.05) is 0 Å². The molecule has 1 aliphatic rings. The highest BCUT2D eigenvalue weighted by Gasteiger charge is 2.31. The molecule has 10 heteroatoms. The molecule has 3 aromatic rings. The molecule has 7 nitrogen and oxygen atoms in total. The molecule has 4 rings (SSSR count). The Morgan fingerprint density at radius 3 is 2.26 bits per heavy atom. The van der Waals surface area contributed by atoms with Gasteiger partial charge in [0.1, 0.15) is 34.4 Å². The Hall–Kier alpha value is -3.11. The Morgan fingerprint density at radius 2 is 1.58 bits per heavy atom. The summed E-state index contributed by atoms with van der Waals surface area (Å²) >= 11 is 0. The second-order valence-corrected chi connectivity index (χ2v) is 8.86. The van der Waals surface area contributed by atoms with Gasteiger partial charge in [0.25, 0.3) is 0 Å². The van der Waals surface area contributed by atoms with E-state index in [1.165, 1.54) is 35.9 Å². The van der Waals surface area contributed by atoms with Crippen LogP contribution in [-0.2, 0) is 10.0 Å². The Kier molecular flexibility index (Phi) is 5.84. The summed E-state index contributed by atoms with van der Waals surface area (Å²) in [6.45, 7) is 1.21. The normalized spacial score (nSPS) is 15.1. The summed E-state index contributed by atoms with van der Waals surface area (Å²) in [5.74, 6) is -0.226. The lowest BCUT2D eigenvalue weighted by molar-refractivity contribution is 0.372. The third-order valence-corrected chi connectivity index (χ3v) is 7.02. The summed E-state index contributed by atoms with van der Waals surface area (Å²) in [6.07, 6.45) is 1.43. The average molecular weight is 446 g/mol. The van der Waals surface area contributed by atoms with Gasteiger partial charge in [-0.2, -0.15) is 4.31 Å². The highest BCUT2D eigenvalue weighted by Crippen LogP contribution is 2.29. The molecule has 0 atom stereocenters. The summed E-state index contributed by atoms with van der Waals surface area (Å²) in [5.41, 5.74) is 1.40. The summed E-state index contributed by atoms with van der Waals surface area (Å²) in [7, 11) is -2.57. The zero-order chi connectivity index (χ0) is 22.0. The lowest BCUT2D eigenvalue weighted by Crippen LogP contribution is -2.49. The van der Waals surface area contributed by atoms with Crippen molar-refractivity contribution < 1.29 is 21.9 Å². The quantitative estimate of drug-likeness (QED) is 0.600. The smallest absolute Gasteiger partial charge is 0.246 e. The number of rotatable bonds is 5. The number of piperazine rings is 1. The minimum absolute atomic E-state index is 0.101. The average Bonchev–Trinajstić information content (AvgIpc) is 2.80. The van der Waals surface area contributed by atoms with Crippen molar-refractivity contribution in [2.45, 2.75) is 4.90 Å². The SMILES string of the molecule is COc1ccc(F)cc1S(=O)(=O)N1CCN(c2cc(-c3ccc(F)cc3)ncn2)CC1. The second-order valence-electron chi connectivity index (χ2n) is 6.95. The summed E-state index contributed by atoms with van der Waals surface area (Å²) in [6, 6.07) is 11.2. The zero-order valence-corrected chi connectivity index (χ0v) is 17.5. The van der Waals surface area contributed by atoms with Crippen LogP contribution in [0.2, 0.25) is 0 Å². The number of ether oxygens (including phenoxy) is 1. The fraction of sp³-hybridized carbons (Fsp3) is 0.238. The molecular formula is C21H20F2N4O3S. The van der Waals surface area contributed by atoms with E-state index in [2.05, 4.69) is 9.97 Å². The number of aromatic nitrogens is 2. The van der Waals surface area contributed by atoms with E-state index in [9.17, 15) is 17.2 Å². The first-order valence-corrected chi connectivity index (χ1v) is 11.0. The number of nitrogens with zero attached hydrogens (tertiary/aromatic N) is 4. The number of sulfonamides is 1. The van der Waals surface area contributed by atoms with Gasteiger partial charge in [-0.05, 0) is 42.5 Å². The van der Waals surface area contributed by atoms with Crippen LogP contribution in [0, 0.1) is 11.6 Å². The second kappa shape index (κ2) is 8.56. The van der Waals surface area contributed by atoms with Gasteiger partial charge in [-0.15, -0.1) is 0 Å². The molecule has 0 bridgehead atoms. The van der Waals surface area contributed by atoms with E-state index < -0.39 is 15.8 Å². The summed E-state index contributed by atoms with van der Waals surface area (Å²) in [4.78, 5) is 10.3. The molecular weight excluding hydrogens is 426 g/mol. The van der Waals surface area contributed by atoms with Crippen LogP contribution >= 0.6 is 0 Å². The lowest BCUT2D eigenvalue weighted by Gasteiger charge is -2.34. The molecule has 1 aliphatic heterocycles. The van der Waals surface area contributed by atoms with Crippen molar-refractivity contribution in [2.24, 2.45) is 0 Å². The van der Waals surface area contributed by atoms with Crippen LogP contribution in [0.1, 0.15) is 0 Å². The zero-order valence-electron chi connectivity index (χ0n) is 16.7. The molecule has 1 saturated heterocycles. The monoisotopic (exact) mass is 446 g/mol. The van der Waals surface area contributed by atoms with E-state index in [1.807, 2.05) is 4.90 Å². The Labute approximate surface area is 179 Å². The van der Waals surface area contributed by atoms with Crippen molar-refractivity contribution in [1.29, 1.82) is 0 Å². The Bertz CT molecular complexity index is 1180.